The average Bonchev–Trinajstić information content (AvgIpc) is 2.21. The summed E-state index contributed by atoms with van der Waals surface area (Å²) in [7, 11) is 0. The molecule has 0 unspecified atom stereocenters. The molecule has 15 heavy (non-hydrogen) atoms. The first-order valence-electron chi connectivity index (χ1n) is 4.57. The summed E-state index contributed by atoms with van der Waals surface area (Å²) >= 11 is 0. The molecular formula is C11H11NO3. The van der Waals surface area contributed by atoms with Gasteiger partial charge in [0.15, 0.2) is 0 Å². The van der Waals surface area contributed by atoms with Gasteiger partial charge in [-0.2, -0.15) is 5.26 Å². The van der Waals surface area contributed by atoms with E-state index >= 15 is 0 Å². The minimum absolute atomic E-state index is 0.204. The van der Waals surface area contributed by atoms with Crippen LogP contribution in [0.1, 0.15) is 12.5 Å². The van der Waals surface area contributed by atoms with Crippen molar-refractivity contribution in [2.45, 2.75) is 13.3 Å². The Morgan fingerprint density at radius 1 is 1.47 bits per heavy atom. The summed E-state index contributed by atoms with van der Waals surface area (Å²) in [6.07, 6.45) is -0.543. The van der Waals surface area contributed by atoms with Crippen LogP contribution >= 0.6 is 0 Å². The maximum absolute atomic E-state index is 11.0. The van der Waals surface area contributed by atoms with E-state index in [0.29, 0.717) is 11.3 Å². The number of rotatable bonds is 3. The zero-order chi connectivity index (χ0) is 11.1. The van der Waals surface area contributed by atoms with Crippen molar-refractivity contribution in [1.29, 1.82) is 5.26 Å². The van der Waals surface area contributed by atoms with Crippen LogP contribution in [-0.2, 0) is 11.2 Å². The van der Waals surface area contributed by atoms with Gasteiger partial charge in [0.1, 0.15) is 5.75 Å². The maximum Gasteiger partial charge on any atom is 0.513 e. The van der Waals surface area contributed by atoms with Crippen LogP contribution in [0.2, 0.25) is 0 Å². The van der Waals surface area contributed by atoms with Crippen LogP contribution in [0.4, 0.5) is 4.79 Å². The van der Waals surface area contributed by atoms with Gasteiger partial charge in [0.2, 0.25) is 0 Å². The minimum atomic E-state index is -0.747. The van der Waals surface area contributed by atoms with Crippen LogP contribution < -0.4 is 4.74 Å². The average molecular weight is 205 g/mol. The highest BCUT2D eigenvalue weighted by molar-refractivity contribution is 5.64. The van der Waals surface area contributed by atoms with Gasteiger partial charge in [-0.25, -0.2) is 4.79 Å². The highest BCUT2D eigenvalue weighted by Gasteiger charge is 2.08. The molecule has 0 aliphatic carbocycles. The van der Waals surface area contributed by atoms with Crippen molar-refractivity contribution in [3.8, 4) is 11.8 Å². The van der Waals surface area contributed by atoms with Crippen LogP contribution in [0, 0.1) is 11.3 Å². The number of ether oxygens (including phenoxy) is 2. The molecule has 0 fully saturated rings. The van der Waals surface area contributed by atoms with Gasteiger partial charge in [-0.1, -0.05) is 18.2 Å². The third kappa shape index (κ3) is 3.31. The van der Waals surface area contributed by atoms with Gasteiger partial charge in [0.25, 0.3) is 0 Å². The molecule has 0 aliphatic rings. The molecule has 4 heteroatoms. The number of para-hydroxylation sites is 1. The maximum atomic E-state index is 11.0. The van der Waals surface area contributed by atoms with Crippen molar-refractivity contribution in [1.82, 2.24) is 0 Å². The van der Waals surface area contributed by atoms with Crippen molar-refractivity contribution < 1.29 is 14.3 Å². The Balaban J connectivity index is 2.76. The van der Waals surface area contributed by atoms with Crippen LogP contribution in [0.25, 0.3) is 0 Å². The summed E-state index contributed by atoms with van der Waals surface area (Å²) in [4.78, 5) is 11.0. The molecule has 78 valence electrons. The highest BCUT2D eigenvalue weighted by atomic mass is 16.7. The Hall–Kier alpha value is -2.02. The van der Waals surface area contributed by atoms with Gasteiger partial charge in [0.05, 0.1) is 19.1 Å². The zero-order valence-electron chi connectivity index (χ0n) is 8.40. The lowest BCUT2D eigenvalue weighted by atomic mass is 10.1. The number of hydrogen-bond donors (Lipinski definition) is 0. The molecule has 0 spiro atoms. The second-order valence-electron chi connectivity index (χ2n) is 2.73. The van der Waals surface area contributed by atoms with E-state index in [9.17, 15) is 4.79 Å². The van der Waals surface area contributed by atoms with Crippen molar-refractivity contribution in [2.75, 3.05) is 6.61 Å². The van der Waals surface area contributed by atoms with Crippen LogP contribution in [0.3, 0.4) is 0 Å². The van der Waals surface area contributed by atoms with Gasteiger partial charge in [-0.05, 0) is 13.0 Å². The predicted octanol–water partition coefficient (Wildman–Crippen LogP) is 2.29. The molecule has 0 saturated carbocycles. The van der Waals surface area contributed by atoms with Crippen molar-refractivity contribution >= 4 is 6.16 Å². The lowest BCUT2D eigenvalue weighted by molar-refractivity contribution is 0.104. The number of nitrogens with zero attached hydrogens (tertiary/aromatic N) is 1. The normalized spacial score (nSPS) is 9.07. The Labute approximate surface area is 88.0 Å². The van der Waals surface area contributed by atoms with E-state index in [0.717, 1.165) is 0 Å². The van der Waals surface area contributed by atoms with Crippen LogP contribution in [0.15, 0.2) is 24.3 Å². The third-order valence-electron chi connectivity index (χ3n) is 1.70. The largest absolute Gasteiger partial charge is 0.513 e. The molecule has 0 saturated heterocycles. The predicted molar refractivity (Wildman–Crippen MR) is 53.4 cm³/mol. The van der Waals surface area contributed by atoms with Gasteiger partial charge in [0, 0.05) is 5.56 Å². The zero-order valence-corrected chi connectivity index (χ0v) is 8.40. The fourth-order valence-electron chi connectivity index (χ4n) is 1.07. The number of benzene rings is 1. The van der Waals surface area contributed by atoms with E-state index in [2.05, 4.69) is 4.74 Å². The number of hydrogen-bond acceptors (Lipinski definition) is 4. The topological polar surface area (TPSA) is 59.3 Å². The van der Waals surface area contributed by atoms with E-state index in [1.54, 1.807) is 31.2 Å². The molecule has 1 rings (SSSR count). The van der Waals surface area contributed by atoms with Gasteiger partial charge < -0.3 is 9.47 Å². The molecule has 0 atom stereocenters. The first-order chi connectivity index (χ1) is 7.27. The Morgan fingerprint density at radius 3 is 2.87 bits per heavy atom. The third-order valence-corrected chi connectivity index (χ3v) is 1.70. The molecule has 0 aromatic heterocycles. The first-order valence-corrected chi connectivity index (χ1v) is 4.57. The monoisotopic (exact) mass is 205 g/mol. The van der Waals surface area contributed by atoms with Gasteiger partial charge >= 0.3 is 6.16 Å². The molecule has 0 aliphatic heterocycles. The van der Waals surface area contributed by atoms with E-state index < -0.39 is 6.16 Å². The summed E-state index contributed by atoms with van der Waals surface area (Å²) in [5.74, 6) is 0.373. The number of carbonyl (C=O) groups is 1. The van der Waals surface area contributed by atoms with Gasteiger partial charge in [-0.3, -0.25) is 0 Å². The van der Waals surface area contributed by atoms with E-state index in [4.69, 9.17) is 10.00 Å². The molecule has 0 N–H and O–H groups in total. The lowest BCUT2D eigenvalue weighted by Gasteiger charge is -2.06. The summed E-state index contributed by atoms with van der Waals surface area (Å²) < 4.78 is 9.56. The highest BCUT2D eigenvalue weighted by Crippen LogP contribution is 2.18. The molecular weight excluding hydrogens is 194 g/mol. The van der Waals surface area contributed by atoms with Crippen LogP contribution in [0.5, 0.6) is 5.75 Å². The minimum Gasteiger partial charge on any atom is -0.434 e. The molecule has 1 aromatic rings. The summed E-state index contributed by atoms with van der Waals surface area (Å²) in [6.45, 7) is 1.96. The van der Waals surface area contributed by atoms with E-state index in [1.165, 1.54) is 0 Å². The second kappa shape index (κ2) is 5.66. The van der Waals surface area contributed by atoms with Crippen molar-refractivity contribution in [3.05, 3.63) is 29.8 Å². The molecule has 4 nitrogen and oxygen atoms in total. The Kier molecular flexibility index (Phi) is 4.17. The SMILES string of the molecule is CCOC(=O)Oc1ccccc1CC#N. The lowest BCUT2D eigenvalue weighted by Crippen LogP contribution is -2.11. The number of nitriles is 1. The Bertz CT molecular complexity index is 382. The molecule has 0 amide bonds. The standard InChI is InChI=1S/C11H11NO3/c1-2-14-11(13)15-10-6-4-3-5-9(10)7-8-12/h3-6H,2,7H2,1H3. The van der Waals surface area contributed by atoms with Crippen LogP contribution in [-0.4, -0.2) is 12.8 Å². The summed E-state index contributed by atoms with van der Waals surface area (Å²) in [5.41, 5.74) is 0.674. The molecule has 1 aromatic carbocycles. The van der Waals surface area contributed by atoms with E-state index in [-0.39, 0.29) is 13.0 Å². The van der Waals surface area contributed by atoms with Gasteiger partial charge in [-0.15, -0.1) is 0 Å². The molecule has 0 radical (unpaired) electrons. The smallest absolute Gasteiger partial charge is 0.434 e. The van der Waals surface area contributed by atoms with E-state index in [1.807, 2.05) is 6.07 Å². The number of carbonyl (C=O) groups excluding carboxylic acids is 1. The van der Waals surface area contributed by atoms with Crippen molar-refractivity contribution in [2.24, 2.45) is 0 Å². The summed E-state index contributed by atoms with van der Waals surface area (Å²) in [5, 5.41) is 8.56. The fraction of sp³-hybridized carbons (Fsp3) is 0.273. The molecule has 0 bridgehead atoms. The molecule has 0 heterocycles. The quantitative estimate of drug-likeness (QED) is 0.561. The van der Waals surface area contributed by atoms with Crippen molar-refractivity contribution in [3.63, 3.8) is 0 Å². The fourth-order valence-corrected chi connectivity index (χ4v) is 1.07. The summed E-state index contributed by atoms with van der Waals surface area (Å²) in [6, 6.07) is 8.87. The first kappa shape index (κ1) is 11.1. The second-order valence-corrected chi connectivity index (χ2v) is 2.73. The Morgan fingerprint density at radius 2 is 2.20 bits per heavy atom.